The van der Waals surface area contributed by atoms with Gasteiger partial charge in [-0.1, -0.05) is 51.8 Å². The molecule has 4 heteroatoms. The minimum atomic E-state index is -0.144. The van der Waals surface area contributed by atoms with E-state index >= 15 is 0 Å². The van der Waals surface area contributed by atoms with Crippen molar-refractivity contribution < 1.29 is 9.59 Å². The summed E-state index contributed by atoms with van der Waals surface area (Å²) in [4.78, 5) is 23.8. The predicted molar refractivity (Wildman–Crippen MR) is 75.3 cm³/mol. The Balaban J connectivity index is 2.88. The van der Waals surface area contributed by atoms with E-state index in [4.69, 9.17) is 0 Å². The number of carbonyl (C=O) groups is 2. The first kappa shape index (κ1) is 14.6. The molecule has 2 nitrogen and oxygen atoms in total. The lowest BCUT2D eigenvalue weighted by molar-refractivity contribution is -0.121. The highest BCUT2D eigenvalue weighted by molar-refractivity contribution is 9.11. The number of ketones is 2. The quantitative estimate of drug-likeness (QED) is 0.575. The molecular weight excluding hydrogens is 348 g/mol. The van der Waals surface area contributed by atoms with Crippen LogP contribution >= 0.6 is 31.9 Å². The summed E-state index contributed by atoms with van der Waals surface area (Å²) in [6.07, 6.45) is 0.736. The van der Waals surface area contributed by atoms with Gasteiger partial charge in [0.25, 0.3) is 0 Å². The van der Waals surface area contributed by atoms with Crippen molar-refractivity contribution in [3.63, 3.8) is 0 Å². The van der Waals surface area contributed by atoms with Gasteiger partial charge in [0.15, 0.2) is 5.78 Å². The molecule has 0 aliphatic rings. The van der Waals surface area contributed by atoms with Gasteiger partial charge < -0.3 is 0 Å². The topological polar surface area (TPSA) is 34.1 Å². The van der Waals surface area contributed by atoms with Crippen LogP contribution in [0.25, 0.3) is 0 Å². The molecule has 1 aromatic rings. The molecule has 0 aliphatic heterocycles. The molecule has 92 valence electrons. The monoisotopic (exact) mass is 360 g/mol. The van der Waals surface area contributed by atoms with Gasteiger partial charge >= 0.3 is 0 Å². The zero-order valence-corrected chi connectivity index (χ0v) is 13.0. The molecule has 1 atom stereocenters. The predicted octanol–water partition coefficient (Wildman–Crippen LogP) is 4.40. The van der Waals surface area contributed by atoms with Gasteiger partial charge in [-0.05, 0) is 18.6 Å². The molecule has 17 heavy (non-hydrogen) atoms. The van der Waals surface area contributed by atoms with Crippen LogP contribution < -0.4 is 0 Å². The Kier molecular flexibility index (Phi) is 5.53. The minimum Gasteiger partial charge on any atom is -0.299 e. The second-order valence-electron chi connectivity index (χ2n) is 3.97. The third-order valence-corrected chi connectivity index (χ3v) is 4.06. The van der Waals surface area contributed by atoms with Crippen LogP contribution in [-0.2, 0) is 4.79 Å². The Labute approximate surface area is 118 Å². The summed E-state index contributed by atoms with van der Waals surface area (Å²) in [5, 5.41) is 0. The summed E-state index contributed by atoms with van der Waals surface area (Å²) in [5.41, 5.74) is 0.546. The first-order valence-electron chi connectivity index (χ1n) is 5.47. The number of rotatable bonds is 5. The molecule has 0 saturated carbocycles. The van der Waals surface area contributed by atoms with E-state index in [9.17, 15) is 9.59 Å². The van der Waals surface area contributed by atoms with Crippen molar-refractivity contribution in [3.05, 3.63) is 32.7 Å². The molecule has 1 rings (SSSR count). The van der Waals surface area contributed by atoms with E-state index in [1.54, 1.807) is 12.1 Å². The van der Waals surface area contributed by atoms with Crippen molar-refractivity contribution in [2.45, 2.75) is 26.7 Å². The van der Waals surface area contributed by atoms with E-state index in [0.29, 0.717) is 14.5 Å². The molecule has 0 amide bonds. The van der Waals surface area contributed by atoms with Gasteiger partial charge in [-0.2, -0.15) is 0 Å². The van der Waals surface area contributed by atoms with E-state index in [0.717, 1.165) is 6.42 Å². The molecule has 0 fully saturated rings. The minimum absolute atomic E-state index is 0.000142. The maximum atomic E-state index is 12.0. The maximum Gasteiger partial charge on any atom is 0.172 e. The lowest BCUT2D eigenvalue weighted by atomic mass is 9.97. The van der Waals surface area contributed by atoms with E-state index < -0.39 is 0 Å². The van der Waals surface area contributed by atoms with Crippen molar-refractivity contribution in [1.29, 1.82) is 0 Å². The normalized spacial score (nSPS) is 12.2. The standard InChI is InChI=1S/C13H14Br2O2/c1-3-8(2)11(16)7-12(17)13-9(14)5-4-6-10(13)15/h4-6,8H,3,7H2,1-2H3. The second kappa shape index (κ2) is 6.45. The molecule has 0 aromatic heterocycles. The number of Topliss-reactive ketones (excluding diaryl/α,β-unsaturated/α-hetero) is 2. The molecule has 0 bridgehead atoms. The van der Waals surface area contributed by atoms with Crippen LogP contribution in [0.1, 0.15) is 37.0 Å². The Bertz CT molecular complexity index is 421. The summed E-state index contributed by atoms with van der Waals surface area (Å²) in [5.74, 6) is -0.199. The van der Waals surface area contributed by atoms with Gasteiger partial charge in [0.1, 0.15) is 5.78 Å². The zero-order chi connectivity index (χ0) is 13.0. The fraction of sp³-hybridized carbons (Fsp3) is 0.385. The fourth-order valence-corrected chi connectivity index (χ4v) is 2.85. The Hall–Kier alpha value is -0.480. The number of halogens is 2. The van der Waals surface area contributed by atoms with E-state index in [1.165, 1.54) is 0 Å². The Morgan fingerprint density at radius 3 is 2.24 bits per heavy atom. The smallest absolute Gasteiger partial charge is 0.172 e. The lowest BCUT2D eigenvalue weighted by Crippen LogP contribution is -2.15. The van der Waals surface area contributed by atoms with Crippen LogP contribution in [0.4, 0.5) is 0 Å². The largest absolute Gasteiger partial charge is 0.299 e. The summed E-state index contributed by atoms with van der Waals surface area (Å²) in [6.45, 7) is 3.80. The first-order chi connectivity index (χ1) is 7.97. The molecule has 0 spiro atoms. The molecule has 1 unspecified atom stereocenters. The lowest BCUT2D eigenvalue weighted by Gasteiger charge is -2.09. The molecule has 0 aliphatic carbocycles. The summed E-state index contributed by atoms with van der Waals surface area (Å²) in [7, 11) is 0. The third kappa shape index (κ3) is 3.75. The number of benzene rings is 1. The summed E-state index contributed by atoms with van der Waals surface area (Å²) in [6, 6.07) is 5.43. The fourth-order valence-electron chi connectivity index (χ4n) is 1.41. The van der Waals surface area contributed by atoms with Crippen LogP contribution in [0.2, 0.25) is 0 Å². The number of hydrogen-bond acceptors (Lipinski definition) is 2. The average Bonchev–Trinajstić information content (AvgIpc) is 2.27. The van der Waals surface area contributed by atoms with Crippen molar-refractivity contribution in [1.82, 2.24) is 0 Å². The Morgan fingerprint density at radius 1 is 1.24 bits per heavy atom. The Morgan fingerprint density at radius 2 is 1.76 bits per heavy atom. The number of carbonyl (C=O) groups excluding carboxylic acids is 2. The van der Waals surface area contributed by atoms with Gasteiger partial charge in [-0.15, -0.1) is 0 Å². The highest BCUT2D eigenvalue weighted by Crippen LogP contribution is 2.26. The van der Waals surface area contributed by atoms with Crippen LogP contribution in [0, 0.1) is 5.92 Å². The van der Waals surface area contributed by atoms with Gasteiger partial charge in [0.05, 0.1) is 6.42 Å². The molecule has 0 saturated heterocycles. The maximum absolute atomic E-state index is 12.0. The average molecular weight is 362 g/mol. The van der Waals surface area contributed by atoms with Crippen LogP contribution in [0.3, 0.4) is 0 Å². The van der Waals surface area contributed by atoms with Gasteiger partial charge in [0.2, 0.25) is 0 Å². The van der Waals surface area contributed by atoms with Crippen molar-refractivity contribution >= 4 is 43.4 Å². The van der Waals surface area contributed by atoms with Crippen LogP contribution in [0.5, 0.6) is 0 Å². The van der Waals surface area contributed by atoms with E-state index in [2.05, 4.69) is 31.9 Å². The van der Waals surface area contributed by atoms with Crippen LogP contribution in [0.15, 0.2) is 27.1 Å². The van der Waals surface area contributed by atoms with E-state index in [-0.39, 0.29) is 23.9 Å². The van der Waals surface area contributed by atoms with Gasteiger partial charge in [-0.3, -0.25) is 9.59 Å². The van der Waals surface area contributed by atoms with E-state index in [1.807, 2.05) is 19.9 Å². The van der Waals surface area contributed by atoms with Crippen molar-refractivity contribution in [2.75, 3.05) is 0 Å². The molecule has 1 aromatic carbocycles. The SMILES string of the molecule is CCC(C)C(=O)CC(=O)c1c(Br)cccc1Br. The van der Waals surface area contributed by atoms with Crippen molar-refractivity contribution in [2.24, 2.45) is 5.92 Å². The van der Waals surface area contributed by atoms with Gasteiger partial charge in [-0.25, -0.2) is 0 Å². The molecule has 0 radical (unpaired) electrons. The summed E-state index contributed by atoms with van der Waals surface area (Å²) >= 11 is 6.66. The van der Waals surface area contributed by atoms with Crippen LogP contribution in [-0.4, -0.2) is 11.6 Å². The zero-order valence-electron chi connectivity index (χ0n) is 9.80. The molecule has 0 heterocycles. The second-order valence-corrected chi connectivity index (χ2v) is 5.68. The van der Waals surface area contributed by atoms with Crippen molar-refractivity contribution in [3.8, 4) is 0 Å². The highest BCUT2D eigenvalue weighted by atomic mass is 79.9. The third-order valence-electron chi connectivity index (χ3n) is 2.74. The molecular formula is C13H14Br2O2. The summed E-state index contributed by atoms with van der Waals surface area (Å²) < 4.78 is 1.43. The van der Waals surface area contributed by atoms with Gasteiger partial charge in [0, 0.05) is 20.4 Å². The first-order valence-corrected chi connectivity index (χ1v) is 7.05. The molecule has 0 N–H and O–H groups in total. The number of hydrogen-bond donors (Lipinski definition) is 0. The highest BCUT2D eigenvalue weighted by Gasteiger charge is 2.19.